The zero-order valence-corrected chi connectivity index (χ0v) is 12.7. The summed E-state index contributed by atoms with van der Waals surface area (Å²) in [5, 5.41) is 2.72. The maximum Gasteiger partial charge on any atom is 0.322 e. The average Bonchev–Trinajstić information content (AvgIpc) is 2.76. The SMILES string of the molecule is O=C(NCc1ccc(F)cc1F)N1CCCCc2ccccc21. The van der Waals surface area contributed by atoms with Gasteiger partial charge in [-0.3, -0.25) is 4.90 Å². The Labute approximate surface area is 133 Å². The van der Waals surface area contributed by atoms with E-state index in [0.717, 1.165) is 36.6 Å². The zero-order valence-electron chi connectivity index (χ0n) is 12.7. The van der Waals surface area contributed by atoms with Gasteiger partial charge < -0.3 is 5.32 Å². The van der Waals surface area contributed by atoms with Crippen LogP contribution in [0, 0.1) is 11.6 Å². The van der Waals surface area contributed by atoms with Gasteiger partial charge in [0.05, 0.1) is 0 Å². The molecule has 1 N–H and O–H groups in total. The molecule has 23 heavy (non-hydrogen) atoms. The van der Waals surface area contributed by atoms with Gasteiger partial charge >= 0.3 is 6.03 Å². The van der Waals surface area contributed by atoms with Crippen LogP contribution < -0.4 is 10.2 Å². The number of urea groups is 1. The van der Waals surface area contributed by atoms with Gasteiger partial charge in [0.25, 0.3) is 0 Å². The Morgan fingerprint density at radius 2 is 1.96 bits per heavy atom. The van der Waals surface area contributed by atoms with E-state index in [-0.39, 0.29) is 18.1 Å². The number of nitrogens with one attached hydrogen (secondary N) is 1. The monoisotopic (exact) mass is 316 g/mol. The maximum absolute atomic E-state index is 13.6. The van der Waals surface area contributed by atoms with Crippen LogP contribution in [-0.2, 0) is 13.0 Å². The van der Waals surface area contributed by atoms with E-state index >= 15 is 0 Å². The molecule has 2 aromatic carbocycles. The number of halogens is 2. The first-order valence-electron chi connectivity index (χ1n) is 7.72. The van der Waals surface area contributed by atoms with Crippen molar-refractivity contribution in [3.8, 4) is 0 Å². The van der Waals surface area contributed by atoms with Gasteiger partial charge in [0, 0.05) is 30.4 Å². The van der Waals surface area contributed by atoms with Gasteiger partial charge in [-0.2, -0.15) is 0 Å². The van der Waals surface area contributed by atoms with Gasteiger partial charge in [-0.1, -0.05) is 24.3 Å². The van der Waals surface area contributed by atoms with Gasteiger partial charge in [0.15, 0.2) is 0 Å². The van der Waals surface area contributed by atoms with Crippen molar-refractivity contribution < 1.29 is 13.6 Å². The summed E-state index contributed by atoms with van der Waals surface area (Å²) in [7, 11) is 0. The Balaban J connectivity index is 1.73. The minimum atomic E-state index is -0.651. The van der Waals surface area contributed by atoms with Crippen molar-refractivity contribution in [1.82, 2.24) is 5.32 Å². The van der Waals surface area contributed by atoms with Crippen molar-refractivity contribution >= 4 is 11.7 Å². The van der Waals surface area contributed by atoms with Crippen LogP contribution in [0.1, 0.15) is 24.0 Å². The Bertz CT molecular complexity index is 718. The van der Waals surface area contributed by atoms with E-state index in [9.17, 15) is 13.6 Å². The van der Waals surface area contributed by atoms with Crippen LogP contribution >= 0.6 is 0 Å². The van der Waals surface area contributed by atoms with Gasteiger partial charge in [-0.15, -0.1) is 0 Å². The fraction of sp³-hybridized carbons (Fsp3) is 0.278. The first-order chi connectivity index (χ1) is 11.1. The van der Waals surface area contributed by atoms with Crippen molar-refractivity contribution in [2.24, 2.45) is 0 Å². The topological polar surface area (TPSA) is 32.3 Å². The summed E-state index contributed by atoms with van der Waals surface area (Å²) in [4.78, 5) is 14.2. The van der Waals surface area contributed by atoms with E-state index in [1.165, 1.54) is 12.1 Å². The zero-order chi connectivity index (χ0) is 16.2. The Morgan fingerprint density at radius 1 is 1.13 bits per heavy atom. The van der Waals surface area contributed by atoms with Crippen LogP contribution in [0.2, 0.25) is 0 Å². The summed E-state index contributed by atoms with van der Waals surface area (Å²) in [5.74, 6) is -1.28. The van der Waals surface area contributed by atoms with E-state index < -0.39 is 11.6 Å². The summed E-state index contributed by atoms with van der Waals surface area (Å²) in [6, 6.07) is 10.9. The molecule has 2 aromatic rings. The van der Waals surface area contributed by atoms with Crippen LogP contribution in [0.3, 0.4) is 0 Å². The number of anilines is 1. The van der Waals surface area contributed by atoms with Crippen molar-refractivity contribution in [3.05, 3.63) is 65.2 Å². The van der Waals surface area contributed by atoms with E-state index in [4.69, 9.17) is 0 Å². The largest absolute Gasteiger partial charge is 0.334 e. The summed E-state index contributed by atoms with van der Waals surface area (Å²) in [6.07, 6.45) is 2.91. The number of carbonyl (C=O) groups is 1. The van der Waals surface area contributed by atoms with Gasteiger partial charge in [0.2, 0.25) is 0 Å². The normalized spacial score (nSPS) is 14.1. The highest BCUT2D eigenvalue weighted by Crippen LogP contribution is 2.26. The van der Waals surface area contributed by atoms with E-state index in [1.807, 2.05) is 24.3 Å². The number of carbonyl (C=O) groups excluding carboxylic acids is 1. The number of aryl methyl sites for hydroxylation is 1. The molecule has 3 rings (SSSR count). The minimum Gasteiger partial charge on any atom is -0.334 e. The summed E-state index contributed by atoms with van der Waals surface area (Å²) < 4.78 is 26.6. The summed E-state index contributed by atoms with van der Waals surface area (Å²) in [5.41, 5.74) is 2.32. The summed E-state index contributed by atoms with van der Waals surface area (Å²) >= 11 is 0. The number of hydrogen-bond donors (Lipinski definition) is 1. The molecule has 0 bridgehead atoms. The molecule has 1 aliphatic heterocycles. The van der Waals surface area contributed by atoms with E-state index in [0.29, 0.717) is 6.54 Å². The van der Waals surface area contributed by atoms with Crippen LogP contribution in [0.15, 0.2) is 42.5 Å². The summed E-state index contributed by atoms with van der Waals surface area (Å²) in [6.45, 7) is 0.665. The lowest BCUT2D eigenvalue weighted by atomic mass is 10.1. The molecule has 1 heterocycles. The lowest BCUT2D eigenvalue weighted by Crippen LogP contribution is -2.40. The highest BCUT2D eigenvalue weighted by molar-refractivity contribution is 5.92. The molecular weight excluding hydrogens is 298 g/mol. The second kappa shape index (κ2) is 6.77. The third kappa shape index (κ3) is 3.50. The average molecular weight is 316 g/mol. The molecule has 0 saturated carbocycles. The highest BCUT2D eigenvalue weighted by Gasteiger charge is 2.20. The molecule has 0 aliphatic carbocycles. The predicted molar refractivity (Wildman–Crippen MR) is 85.3 cm³/mol. The molecule has 1 aliphatic rings. The second-order valence-electron chi connectivity index (χ2n) is 5.63. The molecular formula is C18H18F2N2O. The van der Waals surface area contributed by atoms with Crippen molar-refractivity contribution in [1.29, 1.82) is 0 Å². The first kappa shape index (κ1) is 15.5. The molecule has 0 spiro atoms. The lowest BCUT2D eigenvalue weighted by Gasteiger charge is -2.23. The molecule has 0 unspecified atom stereocenters. The standard InChI is InChI=1S/C18H18F2N2O/c19-15-9-8-14(16(20)11-15)12-21-18(23)22-10-4-3-6-13-5-1-2-7-17(13)22/h1-2,5,7-9,11H,3-4,6,10,12H2,(H,21,23). The molecule has 0 atom stereocenters. The fourth-order valence-corrected chi connectivity index (χ4v) is 2.83. The fourth-order valence-electron chi connectivity index (χ4n) is 2.83. The van der Waals surface area contributed by atoms with Crippen molar-refractivity contribution in [2.75, 3.05) is 11.4 Å². The van der Waals surface area contributed by atoms with Crippen LogP contribution in [0.4, 0.5) is 19.3 Å². The number of fused-ring (bicyclic) bond motifs is 1. The number of nitrogens with zero attached hydrogens (tertiary/aromatic N) is 1. The van der Waals surface area contributed by atoms with Crippen molar-refractivity contribution in [3.63, 3.8) is 0 Å². The second-order valence-corrected chi connectivity index (χ2v) is 5.63. The Hall–Kier alpha value is -2.43. The Morgan fingerprint density at radius 3 is 2.78 bits per heavy atom. The third-order valence-corrected chi connectivity index (χ3v) is 4.05. The molecule has 3 nitrogen and oxygen atoms in total. The van der Waals surface area contributed by atoms with Gasteiger partial charge in [-0.25, -0.2) is 13.6 Å². The number of amides is 2. The molecule has 120 valence electrons. The van der Waals surface area contributed by atoms with Crippen LogP contribution in [0.5, 0.6) is 0 Å². The number of hydrogen-bond acceptors (Lipinski definition) is 1. The third-order valence-electron chi connectivity index (χ3n) is 4.05. The molecule has 0 saturated heterocycles. The Kier molecular flexibility index (Phi) is 4.55. The minimum absolute atomic E-state index is 0.0314. The van der Waals surface area contributed by atoms with Crippen LogP contribution in [0.25, 0.3) is 0 Å². The smallest absolute Gasteiger partial charge is 0.322 e. The van der Waals surface area contributed by atoms with Gasteiger partial charge in [0.1, 0.15) is 11.6 Å². The molecule has 0 fully saturated rings. The molecule has 5 heteroatoms. The predicted octanol–water partition coefficient (Wildman–Crippen LogP) is 4.02. The molecule has 0 radical (unpaired) electrons. The van der Waals surface area contributed by atoms with Crippen molar-refractivity contribution in [2.45, 2.75) is 25.8 Å². The van der Waals surface area contributed by atoms with Gasteiger partial charge in [-0.05, 0) is 37.0 Å². The number of para-hydroxylation sites is 1. The molecule has 2 amide bonds. The maximum atomic E-state index is 13.6. The molecule has 0 aromatic heterocycles. The van der Waals surface area contributed by atoms with Crippen LogP contribution in [-0.4, -0.2) is 12.6 Å². The quantitative estimate of drug-likeness (QED) is 0.892. The van der Waals surface area contributed by atoms with E-state index in [2.05, 4.69) is 5.32 Å². The lowest BCUT2D eigenvalue weighted by molar-refractivity contribution is 0.245. The highest BCUT2D eigenvalue weighted by atomic mass is 19.1. The first-order valence-corrected chi connectivity index (χ1v) is 7.72. The number of rotatable bonds is 2. The van der Waals surface area contributed by atoms with E-state index in [1.54, 1.807) is 4.90 Å². The number of benzene rings is 2.